The van der Waals surface area contributed by atoms with Crippen molar-refractivity contribution in [3.8, 4) is 0 Å². The summed E-state index contributed by atoms with van der Waals surface area (Å²) in [4.78, 5) is 0. The first-order chi connectivity index (χ1) is 8.75. The van der Waals surface area contributed by atoms with Crippen LogP contribution in [-0.2, 0) is 0 Å². The van der Waals surface area contributed by atoms with E-state index in [2.05, 4.69) is 42.7 Å². The lowest BCUT2D eigenvalue weighted by molar-refractivity contribution is 0.378. The van der Waals surface area contributed by atoms with E-state index >= 15 is 0 Å². The molecule has 0 unspecified atom stereocenters. The SMILES string of the molecule is Cc1ccc(NCCNC2CCCCC2)cc1C. The lowest BCUT2D eigenvalue weighted by atomic mass is 9.95. The van der Waals surface area contributed by atoms with Gasteiger partial charge in [-0.3, -0.25) is 0 Å². The van der Waals surface area contributed by atoms with Gasteiger partial charge in [-0.05, 0) is 49.9 Å². The normalized spacial score (nSPS) is 16.8. The lowest BCUT2D eigenvalue weighted by Gasteiger charge is -2.23. The van der Waals surface area contributed by atoms with Crippen LogP contribution in [0, 0.1) is 13.8 Å². The highest BCUT2D eigenvalue weighted by Crippen LogP contribution is 2.17. The molecule has 2 heteroatoms. The summed E-state index contributed by atoms with van der Waals surface area (Å²) in [6.45, 7) is 6.40. The van der Waals surface area contributed by atoms with E-state index in [-0.39, 0.29) is 0 Å². The topological polar surface area (TPSA) is 24.1 Å². The van der Waals surface area contributed by atoms with E-state index < -0.39 is 0 Å². The zero-order valence-electron chi connectivity index (χ0n) is 11.8. The second-order valence-corrected chi connectivity index (χ2v) is 5.51. The molecule has 0 saturated heterocycles. The molecule has 1 saturated carbocycles. The Morgan fingerprint density at radius 1 is 1.00 bits per heavy atom. The molecule has 0 radical (unpaired) electrons. The van der Waals surface area contributed by atoms with Gasteiger partial charge in [0.25, 0.3) is 0 Å². The fraction of sp³-hybridized carbons (Fsp3) is 0.625. The Labute approximate surface area is 111 Å². The maximum Gasteiger partial charge on any atom is 0.0343 e. The smallest absolute Gasteiger partial charge is 0.0343 e. The molecule has 18 heavy (non-hydrogen) atoms. The lowest BCUT2D eigenvalue weighted by Crippen LogP contribution is -2.34. The highest BCUT2D eigenvalue weighted by atomic mass is 15.0. The van der Waals surface area contributed by atoms with E-state index in [1.165, 1.54) is 48.9 Å². The monoisotopic (exact) mass is 246 g/mol. The van der Waals surface area contributed by atoms with Gasteiger partial charge in [0, 0.05) is 24.8 Å². The van der Waals surface area contributed by atoms with Crippen LogP contribution >= 0.6 is 0 Å². The van der Waals surface area contributed by atoms with Crippen LogP contribution in [0.2, 0.25) is 0 Å². The maximum atomic E-state index is 3.66. The van der Waals surface area contributed by atoms with E-state index in [1.54, 1.807) is 0 Å². The highest BCUT2D eigenvalue weighted by molar-refractivity contribution is 5.48. The molecule has 0 heterocycles. The van der Waals surface area contributed by atoms with Gasteiger partial charge in [0.2, 0.25) is 0 Å². The van der Waals surface area contributed by atoms with Gasteiger partial charge in [-0.25, -0.2) is 0 Å². The predicted molar refractivity (Wildman–Crippen MR) is 79.3 cm³/mol. The summed E-state index contributed by atoms with van der Waals surface area (Å²) in [5.41, 5.74) is 3.96. The molecule has 0 atom stereocenters. The zero-order chi connectivity index (χ0) is 12.8. The first kappa shape index (κ1) is 13.4. The fourth-order valence-electron chi connectivity index (χ4n) is 2.64. The van der Waals surface area contributed by atoms with Gasteiger partial charge in [0.1, 0.15) is 0 Å². The van der Waals surface area contributed by atoms with Gasteiger partial charge in [0.15, 0.2) is 0 Å². The molecule has 1 aromatic carbocycles. The van der Waals surface area contributed by atoms with E-state index in [0.717, 1.165) is 19.1 Å². The summed E-state index contributed by atoms with van der Waals surface area (Å²) in [6, 6.07) is 7.35. The largest absolute Gasteiger partial charge is 0.384 e. The second kappa shape index (κ2) is 6.79. The summed E-state index contributed by atoms with van der Waals surface area (Å²) >= 11 is 0. The maximum absolute atomic E-state index is 3.66. The molecule has 1 aliphatic carbocycles. The average Bonchev–Trinajstić information content (AvgIpc) is 2.40. The van der Waals surface area contributed by atoms with Crippen molar-refractivity contribution in [3.63, 3.8) is 0 Å². The molecule has 1 aromatic rings. The van der Waals surface area contributed by atoms with Crippen LogP contribution in [0.3, 0.4) is 0 Å². The fourth-order valence-corrected chi connectivity index (χ4v) is 2.64. The van der Waals surface area contributed by atoms with Crippen molar-refractivity contribution in [1.82, 2.24) is 5.32 Å². The molecule has 0 aliphatic heterocycles. The molecule has 2 N–H and O–H groups in total. The number of hydrogen-bond donors (Lipinski definition) is 2. The van der Waals surface area contributed by atoms with Crippen LogP contribution in [0.5, 0.6) is 0 Å². The quantitative estimate of drug-likeness (QED) is 0.775. The van der Waals surface area contributed by atoms with Gasteiger partial charge in [0.05, 0.1) is 0 Å². The molecule has 2 rings (SSSR count). The summed E-state index contributed by atoms with van der Waals surface area (Å²) in [6.07, 6.45) is 6.97. The summed E-state index contributed by atoms with van der Waals surface area (Å²) in [7, 11) is 0. The van der Waals surface area contributed by atoms with Gasteiger partial charge in [-0.15, -0.1) is 0 Å². The molecule has 0 spiro atoms. The van der Waals surface area contributed by atoms with Crippen molar-refractivity contribution in [2.45, 2.75) is 52.0 Å². The number of benzene rings is 1. The van der Waals surface area contributed by atoms with Crippen LogP contribution in [0.25, 0.3) is 0 Å². The number of hydrogen-bond acceptors (Lipinski definition) is 2. The van der Waals surface area contributed by atoms with Crippen LogP contribution < -0.4 is 10.6 Å². The molecular formula is C16H26N2. The van der Waals surface area contributed by atoms with Crippen molar-refractivity contribution in [2.24, 2.45) is 0 Å². The zero-order valence-corrected chi connectivity index (χ0v) is 11.8. The van der Waals surface area contributed by atoms with Crippen LogP contribution in [0.1, 0.15) is 43.2 Å². The Bertz CT molecular complexity index is 367. The summed E-state index contributed by atoms with van der Waals surface area (Å²) < 4.78 is 0. The minimum Gasteiger partial charge on any atom is -0.384 e. The van der Waals surface area contributed by atoms with Gasteiger partial charge in [-0.2, -0.15) is 0 Å². The van der Waals surface area contributed by atoms with Crippen molar-refractivity contribution in [1.29, 1.82) is 0 Å². The third kappa shape index (κ3) is 4.02. The Morgan fingerprint density at radius 2 is 1.78 bits per heavy atom. The molecule has 0 amide bonds. The van der Waals surface area contributed by atoms with Crippen molar-refractivity contribution < 1.29 is 0 Å². The standard InChI is InChI=1S/C16H26N2/c1-13-8-9-16(12-14(13)2)18-11-10-17-15-6-4-3-5-7-15/h8-9,12,15,17-18H,3-7,10-11H2,1-2H3. The van der Waals surface area contributed by atoms with Gasteiger partial charge < -0.3 is 10.6 Å². The third-order valence-corrected chi connectivity index (χ3v) is 4.00. The van der Waals surface area contributed by atoms with Crippen LogP contribution in [0.4, 0.5) is 5.69 Å². The highest BCUT2D eigenvalue weighted by Gasteiger charge is 2.11. The van der Waals surface area contributed by atoms with Crippen molar-refractivity contribution in [3.05, 3.63) is 29.3 Å². The average molecular weight is 246 g/mol. The molecule has 2 nitrogen and oxygen atoms in total. The third-order valence-electron chi connectivity index (χ3n) is 4.00. The van der Waals surface area contributed by atoms with Crippen LogP contribution in [-0.4, -0.2) is 19.1 Å². The molecule has 100 valence electrons. The number of anilines is 1. The van der Waals surface area contributed by atoms with E-state index in [4.69, 9.17) is 0 Å². The number of rotatable bonds is 5. The molecular weight excluding hydrogens is 220 g/mol. The Balaban J connectivity index is 1.66. The minimum absolute atomic E-state index is 0.764. The molecule has 0 aromatic heterocycles. The van der Waals surface area contributed by atoms with Crippen LogP contribution in [0.15, 0.2) is 18.2 Å². The first-order valence-corrected chi connectivity index (χ1v) is 7.30. The Kier molecular flexibility index (Phi) is 5.06. The molecule has 1 fully saturated rings. The van der Waals surface area contributed by atoms with E-state index in [1.807, 2.05) is 0 Å². The first-order valence-electron chi connectivity index (χ1n) is 7.30. The van der Waals surface area contributed by atoms with Crippen molar-refractivity contribution in [2.75, 3.05) is 18.4 Å². The summed E-state index contributed by atoms with van der Waals surface area (Å²) in [5.74, 6) is 0. The second-order valence-electron chi connectivity index (χ2n) is 5.51. The predicted octanol–water partition coefficient (Wildman–Crippen LogP) is 3.64. The summed E-state index contributed by atoms with van der Waals surface area (Å²) in [5, 5.41) is 7.15. The Morgan fingerprint density at radius 3 is 2.50 bits per heavy atom. The number of aryl methyl sites for hydroxylation is 2. The van der Waals surface area contributed by atoms with Gasteiger partial charge >= 0.3 is 0 Å². The number of nitrogens with one attached hydrogen (secondary N) is 2. The van der Waals surface area contributed by atoms with Gasteiger partial charge in [-0.1, -0.05) is 25.3 Å². The van der Waals surface area contributed by atoms with E-state index in [9.17, 15) is 0 Å². The molecule has 0 bridgehead atoms. The van der Waals surface area contributed by atoms with Crippen molar-refractivity contribution >= 4 is 5.69 Å². The Hall–Kier alpha value is -1.02. The van der Waals surface area contributed by atoms with E-state index in [0.29, 0.717) is 0 Å². The molecule has 1 aliphatic rings. The minimum atomic E-state index is 0.764.